The summed E-state index contributed by atoms with van der Waals surface area (Å²) in [5, 5.41) is 0. The molecule has 0 fully saturated rings. The quantitative estimate of drug-likeness (QED) is 0.588. The fraction of sp³-hybridized carbons (Fsp3) is 0.360. The molecule has 0 N–H and O–H groups in total. The lowest BCUT2D eigenvalue weighted by Crippen LogP contribution is -2.29. The molecule has 1 unspecified atom stereocenters. The Morgan fingerprint density at radius 2 is 1.67 bits per heavy atom. The first-order chi connectivity index (χ1) is 14.6. The van der Waals surface area contributed by atoms with Gasteiger partial charge in [-0.3, -0.25) is 4.90 Å². The van der Waals surface area contributed by atoms with E-state index in [1.807, 2.05) is 0 Å². The zero-order valence-corrected chi connectivity index (χ0v) is 18.2. The van der Waals surface area contributed by atoms with Crippen LogP contribution in [0.5, 0.6) is 17.2 Å². The summed E-state index contributed by atoms with van der Waals surface area (Å²) < 4.78 is 19.2. The van der Waals surface area contributed by atoms with E-state index in [2.05, 4.69) is 71.1 Å². The number of methoxy groups -OCH3 is 3. The van der Waals surface area contributed by atoms with Crippen LogP contribution in [0.4, 0.5) is 0 Å². The maximum atomic E-state index is 5.65. The molecular formula is C25H30N2O3. The molecule has 30 heavy (non-hydrogen) atoms. The molecule has 0 aliphatic carbocycles. The van der Waals surface area contributed by atoms with Crippen LogP contribution in [-0.4, -0.2) is 37.3 Å². The predicted molar refractivity (Wildman–Crippen MR) is 119 cm³/mol. The Hall–Kier alpha value is -2.92. The minimum absolute atomic E-state index is 0.0942. The van der Waals surface area contributed by atoms with Crippen molar-refractivity contribution < 1.29 is 14.2 Å². The van der Waals surface area contributed by atoms with Crippen LogP contribution < -0.4 is 14.2 Å². The SMILES string of the molecule is COc1cc(C2c3cccn3CCCN2Cc2cccc(C)c2)cc(OC)c1OC. The lowest BCUT2D eigenvalue weighted by molar-refractivity contribution is 0.219. The van der Waals surface area contributed by atoms with E-state index >= 15 is 0 Å². The van der Waals surface area contributed by atoms with Crippen molar-refractivity contribution in [3.05, 3.63) is 77.1 Å². The van der Waals surface area contributed by atoms with Crippen molar-refractivity contribution in [1.82, 2.24) is 9.47 Å². The number of fused-ring (bicyclic) bond motifs is 1. The van der Waals surface area contributed by atoms with Gasteiger partial charge in [-0.25, -0.2) is 0 Å². The molecule has 3 aromatic rings. The van der Waals surface area contributed by atoms with E-state index in [1.165, 1.54) is 16.8 Å². The summed E-state index contributed by atoms with van der Waals surface area (Å²) in [6.45, 7) is 5.06. The summed E-state index contributed by atoms with van der Waals surface area (Å²) in [6, 6.07) is 17.4. The number of hydrogen-bond acceptors (Lipinski definition) is 4. The van der Waals surface area contributed by atoms with Crippen LogP contribution in [0.3, 0.4) is 0 Å². The molecule has 5 nitrogen and oxygen atoms in total. The van der Waals surface area contributed by atoms with Crippen LogP contribution in [-0.2, 0) is 13.1 Å². The van der Waals surface area contributed by atoms with E-state index in [9.17, 15) is 0 Å². The van der Waals surface area contributed by atoms with Gasteiger partial charge in [-0.15, -0.1) is 0 Å². The summed E-state index contributed by atoms with van der Waals surface area (Å²) in [7, 11) is 4.98. The Balaban J connectivity index is 1.82. The van der Waals surface area contributed by atoms with Crippen molar-refractivity contribution in [3.63, 3.8) is 0 Å². The number of hydrogen-bond donors (Lipinski definition) is 0. The van der Waals surface area contributed by atoms with Gasteiger partial charge < -0.3 is 18.8 Å². The highest BCUT2D eigenvalue weighted by atomic mass is 16.5. The van der Waals surface area contributed by atoms with Gasteiger partial charge in [-0.1, -0.05) is 29.8 Å². The summed E-state index contributed by atoms with van der Waals surface area (Å²) in [6.07, 6.45) is 3.28. The Kier molecular flexibility index (Phi) is 6.00. The molecule has 1 atom stereocenters. The van der Waals surface area contributed by atoms with Gasteiger partial charge in [0.15, 0.2) is 11.5 Å². The van der Waals surface area contributed by atoms with Gasteiger partial charge in [0.05, 0.1) is 27.4 Å². The van der Waals surface area contributed by atoms with Crippen molar-refractivity contribution in [2.24, 2.45) is 0 Å². The highest BCUT2D eigenvalue weighted by molar-refractivity contribution is 5.55. The van der Waals surface area contributed by atoms with Crippen molar-refractivity contribution in [2.75, 3.05) is 27.9 Å². The van der Waals surface area contributed by atoms with Crippen molar-refractivity contribution in [2.45, 2.75) is 32.5 Å². The van der Waals surface area contributed by atoms with E-state index in [0.717, 1.165) is 31.6 Å². The Labute approximate surface area is 178 Å². The fourth-order valence-electron chi connectivity index (χ4n) is 4.50. The van der Waals surface area contributed by atoms with E-state index in [0.29, 0.717) is 17.2 Å². The molecule has 0 saturated heterocycles. The molecular weight excluding hydrogens is 376 g/mol. The van der Waals surface area contributed by atoms with Gasteiger partial charge in [0, 0.05) is 31.5 Å². The molecule has 2 aromatic carbocycles. The summed E-state index contributed by atoms with van der Waals surface area (Å²) >= 11 is 0. The maximum Gasteiger partial charge on any atom is 0.203 e. The van der Waals surface area contributed by atoms with Gasteiger partial charge in [-0.05, 0) is 48.7 Å². The standard InChI is InChI=1S/C25H30N2O3/c1-18-8-5-9-19(14-18)17-27-13-7-12-26-11-6-10-21(26)24(27)20-15-22(28-2)25(30-4)23(16-20)29-3/h5-6,8-11,14-16,24H,7,12-13,17H2,1-4H3. The number of ether oxygens (including phenoxy) is 3. The van der Waals surface area contributed by atoms with Crippen LogP contribution in [0, 0.1) is 6.92 Å². The first-order valence-corrected chi connectivity index (χ1v) is 10.4. The smallest absolute Gasteiger partial charge is 0.203 e. The number of rotatable bonds is 6. The largest absolute Gasteiger partial charge is 0.493 e. The average molecular weight is 407 g/mol. The van der Waals surface area contributed by atoms with Gasteiger partial charge in [0.25, 0.3) is 0 Å². The van der Waals surface area contributed by atoms with E-state index in [1.54, 1.807) is 21.3 Å². The van der Waals surface area contributed by atoms with E-state index in [-0.39, 0.29) is 6.04 Å². The third-order valence-electron chi connectivity index (χ3n) is 5.83. The zero-order valence-electron chi connectivity index (χ0n) is 18.2. The minimum atomic E-state index is 0.0942. The van der Waals surface area contributed by atoms with Gasteiger partial charge >= 0.3 is 0 Å². The summed E-state index contributed by atoms with van der Waals surface area (Å²) in [5.41, 5.74) is 5.04. The molecule has 4 rings (SSSR count). The molecule has 5 heteroatoms. The van der Waals surface area contributed by atoms with Crippen LogP contribution in [0.2, 0.25) is 0 Å². The molecule has 0 bridgehead atoms. The second-order valence-corrected chi connectivity index (χ2v) is 7.80. The minimum Gasteiger partial charge on any atom is -0.493 e. The summed E-state index contributed by atoms with van der Waals surface area (Å²) in [4.78, 5) is 2.55. The fourth-order valence-corrected chi connectivity index (χ4v) is 4.50. The Morgan fingerprint density at radius 1 is 0.900 bits per heavy atom. The lowest BCUT2D eigenvalue weighted by atomic mass is 9.99. The predicted octanol–water partition coefficient (Wildman–Crippen LogP) is 4.82. The molecule has 0 spiro atoms. The number of aryl methyl sites for hydroxylation is 2. The van der Waals surface area contributed by atoms with Gasteiger partial charge in [-0.2, -0.15) is 0 Å². The van der Waals surface area contributed by atoms with Crippen molar-refractivity contribution in [3.8, 4) is 17.2 Å². The molecule has 0 amide bonds. The number of aromatic nitrogens is 1. The van der Waals surface area contributed by atoms with Gasteiger partial charge in [0.2, 0.25) is 5.75 Å². The van der Waals surface area contributed by atoms with Crippen LogP contribution in [0.1, 0.15) is 34.8 Å². The Bertz CT molecular complexity index is 986. The second kappa shape index (κ2) is 8.84. The van der Waals surface area contributed by atoms with Crippen LogP contribution in [0.25, 0.3) is 0 Å². The number of benzene rings is 2. The normalized spacial score (nSPS) is 16.6. The lowest BCUT2D eigenvalue weighted by Gasteiger charge is -2.31. The molecule has 1 aliphatic heterocycles. The third kappa shape index (κ3) is 3.90. The summed E-state index contributed by atoms with van der Waals surface area (Å²) in [5.74, 6) is 1.99. The van der Waals surface area contributed by atoms with Crippen LogP contribution in [0.15, 0.2) is 54.7 Å². The molecule has 1 aliphatic rings. The Morgan fingerprint density at radius 3 is 2.33 bits per heavy atom. The third-order valence-corrected chi connectivity index (χ3v) is 5.83. The highest BCUT2D eigenvalue weighted by Crippen LogP contribution is 2.43. The number of nitrogens with zero attached hydrogens (tertiary/aromatic N) is 2. The second-order valence-electron chi connectivity index (χ2n) is 7.80. The highest BCUT2D eigenvalue weighted by Gasteiger charge is 2.29. The van der Waals surface area contributed by atoms with Gasteiger partial charge in [0.1, 0.15) is 0 Å². The maximum absolute atomic E-state index is 5.65. The molecule has 0 saturated carbocycles. The molecule has 0 radical (unpaired) electrons. The van der Waals surface area contributed by atoms with Crippen LogP contribution >= 0.6 is 0 Å². The molecule has 1 aromatic heterocycles. The van der Waals surface area contributed by atoms with Crippen molar-refractivity contribution in [1.29, 1.82) is 0 Å². The van der Waals surface area contributed by atoms with E-state index < -0.39 is 0 Å². The first-order valence-electron chi connectivity index (χ1n) is 10.4. The molecule has 2 heterocycles. The van der Waals surface area contributed by atoms with Crippen molar-refractivity contribution >= 4 is 0 Å². The zero-order chi connectivity index (χ0) is 21.1. The monoisotopic (exact) mass is 406 g/mol. The molecule has 158 valence electrons. The topological polar surface area (TPSA) is 35.9 Å². The average Bonchev–Trinajstić information content (AvgIpc) is 3.14. The first kappa shape index (κ1) is 20.4. The van der Waals surface area contributed by atoms with E-state index in [4.69, 9.17) is 14.2 Å².